The van der Waals surface area contributed by atoms with Gasteiger partial charge in [0.1, 0.15) is 34.9 Å². The summed E-state index contributed by atoms with van der Waals surface area (Å²) in [6.45, 7) is -0.0907. The molecular formula is C17H16N10O5S4. The Morgan fingerprint density at radius 1 is 1.44 bits per heavy atom. The monoisotopic (exact) mass is 568 g/mol. The van der Waals surface area contributed by atoms with Gasteiger partial charge in [0, 0.05) is 21.8 Å². The van der Waals surface area contributed by atoms with Crippen molar-refractivity contribution in [3.8, 4) is 0 Å². The first-order valence-electron chi connectivity index (χ1n) is 9.92. The smallest absolute Gasteiger partial charge is 0.352 e. The minimum Gasteiger partial charge on any atom is -0.477 e. The summed E-state index contributed by atoms with van der Waals surface area (Å²) in [5.41, 5.74) is 16.0. The number of amides is 2. The molecule has 2 aliphatic rings. The van der Waals surface area contributed by atoms with E-state index < -0.39 is 29.2 Å². The molecule has 0 aliphatic carbocycles. The molecule has 36 heavy (non-hydrogen) atoms. The Morgan fingerprint density at radius 2 is 2.28 bits per heavy atom. The summed E-state index contributed by atoms with van der Waals surface area (Å²) in [7, 11) is 0. The third-order valence-electron chi connectivity index (χ3n) is 4.73. The second-order valence-corrected chi connectivity index (χ2v) is 11.0. The van der Waals surface area contributed by atoms with Crippen molar-refractivity contribution in [3.05, 3.63) is 38.3 Å². The summed E-state index contributed by atoms with van der Waals surface area (Å²) in [5, 5.41) is 28.3. The molecule has 1 unspecified atom stereocenters. The van der Waals surface area contributed by atoms with Gasteiger partial charge in [-0.05, 0) is 11.1 Å². The largest absolute Gasteiger partial charge is 0.477 e. The van der Waals surface area contributed by atoms with Crippen molar-refractivity contribution in [1.82, 2.24) is 25.4 Å². The number of aliphatic carboxylic acids is 1. The molecule has 0 radical (unpaired) electrons. The fraction of sp³-hybridized carbons (Fsp3) is 0.353. The normalized spacial score (nSPS) is 19.3. The van der Waals surface area contributed by atoms with Crippen LogP contribution in [-0.4, -0.2) is 84.8 Å². The number of hydrogen-bond donors (Lipinski definition) is 3. The molecule has 4 heterocycles. The number of fused-ring (bicyclic) bond motifs is 1. The van der Waals surface area contributed by atoms with Gasteiger partial charge in [-0.3, -0.25) is 14.5 Å². The summed E-state index contributed by atoms with van der Waals surface area (Å²) < 4.78 is 0.690. The first-order chi connectivity index (χ1) is 17.4. The van der Waals surface area contributed by atoms with E-state index in [1.165, 1.54) is 45.1 Å². The zero-order valence-corrected chi connectivity index (χ0v) is 21.3. The zero-order chi connectivity index (χ0) is 25.7. The molecule has 2 aliphatic heterocycles. The predicted octanol–water partition coefficient (Wildman–Crippen LogP) is 1.14. The molecule has 2 atom stereocenters. The van der Waals surface area contributed by atoms with Gasteiger partial charge in [0.2, 0.25) is 0 Å². The lowest BCUT2D eigenvalue weighted by atomic mass is 10.0. The third kappa shape index (κ3) is 5.54. The van der Waals surface area contributed by atoms with E-state index in [1.54, 1.807) is 5.51 Å². The maximum atomic E-state index is 13.0. The number of carboxylic acids is 1. The second kappa shape index (κ2) is 11.6. The van der Waals surface area contributed by atoms with Crippen molar-refractivity contribution in [2.75, 3.05) is 30.4 Å². The van der Waals surface area contributed by atoms with E-state index in [1.807, 2.05) is 0 Å². The minimum atomic E-state index is -1.22. The van der Waals surface area contributed by atoms with Crippen LogP contribution in [0.25, 0.3) is 10.4 Å². The molecule has 0 aromatic carbocycles. The van der Waals surface area contributed by atoms with Crippen molar-refractivity contribution < 1.29 is 24.3 Å². The van der Waals surface area contributed by atoms with Gasteiger partial charge in [0.25, 0.3) is 11.8 Å². The number of carbonyl (C=O) groups is 3. The lowest BCUT2D eigenvalue weighted by Crippen LogP contribution is -2.71. The fourth-order valence-electron chi connectivity index (χ4n) is 3.22. The molecule has 15 nitrogen and oxygen atoms in total. The number of hydrogen-bond acceptors (Lipinski definition) is 14. The van der Waals surface area contributed by atoms with Gasteiger partial charge >= 0.3 is 5.97 Å². The molecule has 188 valence electrons. The van der Waals surface area contributed by atoms with Crippen LogP contribution in [0.1, 0.15) is 5.69 Å². The van der Waals surface area contributed by atoms with Crippen molar-refractivity contribution in [2.45, 2.75) is 15.8 Å². The SMILES string of the molecule is [N-]=[N+]=NCCON=C(C(=O)NC1C(=O)N2C(C(=O)O)=C(CSc3nncs3)CS[C@@H]12)c1csc(N)n1. The number of carbonyl (C=O) groups excluding carboxylic acids is 2. The fourth-order valence-corrected chi connectivity index (χ4v) is 6.74. The Kier molecular flexibility index (Phi) is 8.26. The van der Waals surface area contributed by atoms with Crippen LogP contribution in [0.4, 0.5) is 5.13 Å². The Bertz CT molecular complexity index is 1270. The number of azide groups is 1. The average Bonchev–Trinajstić information content (AvgIpc) is 3.54. The maximum absolute atomic E-state index is 13.0. The van der Waals surface area contributed by atoms with Gasteiger partial charge in [0.05, 0.1) is 6.54 Å². The van der Waals surface area contributed by atoms with Gasteiger partial charge in [0.15, 0.2) is 15.2 Å². The van der Waals surface area contributed by atoms with Crippen LogP contribution in [0.15, 0.2) is 36.8 Å². The van der Waals surface area contributed by atoms with Crippen molar-refractivity contribution in [2.24, 2.45) is 10.3 Å². The van der Waals surface area contributed by atoms with Crippen molar-refractivity contribution in [1.29, 1.82) is 0 Å². The highest BCUT2D eigenvalue weighted by Gasteiger charge is 2.54. The Hall–Kier alpha value is -3.38. The summed E-state index contributed by atoms with van der Waals surface area (Å²) in [6, 6.07) is -0.974. The molecule has 0 spiro atoms. The number of nitrogens with two attached hydrogens (primary N) is 1. The molecule has 0 bridgehead atoms. The topological polar surface area (TPSA) is 222 Å². The van der Waals surface area contributed by atoms with Crippen LogP contribution in [0.3, 0.4) is 0 Å². The highest BCUT2D eigenvalue weighted by atomic mass is 32.2. The van der Waals surface area contributed by atoms with Gasteiger partial charge in [-0.15, -0.1) is 33.3 Å². The van der Waals surface area contributed by atoms with E-state index in [2.05, 4.69) is 35.7 Å². The lowest BCUT2D eigenvalue weighted by molar-refractivity contribution is -0.150. The number of aromatic nitrogens is 3. The molecule has 2 amide bonds. The standard InChI is InChI=1S/C17H16N10O5S4/c18-16-22-8(5-34-16)9(25-32-2-1-20-26-19)12(28)23-10-13(29)27-11(15(30)31)7(3-33-14(10)27)4-35-17-24-21-6-36-17/h5-6,10,14H,1-4H2,(H2,18,22)(H,23,28)(H,30,31)/t10?,14-/m0/s1. The number of nitrogen functional groups attached to an aromatic ring is 1. The van der Waals surface area contributed by atoms with Gasteiger partial charge in [-0.2, -0.15) is 0 Å². The van der Waals surface area contributed by atoms with Gasteiger partial charge in [-0.25, -0.2) is 9.78 Å². The van der Waals surface area contributed by atoms with Crippen LogP contribution in [0, 0.1) is 0 Å². The van der Waals surface area contributed by atoms with Crippen molar-refractivity contribution >= 4 is 74.8 Å². The summed E-state index contributed by atoms with van der Waals surface area (Å²) in [6.07, 6.45) is 0. The van der Waals surface area contributed by atoms with Crippen LogP contribution >= 0.6 is 46.2 Å². The first kappa shape index (κ1) is 25.7. The molecule has 0 saturated carbocycles. The summed E-state index contributed by atoms with van der Waals surface area (Å²) in [5.74, 6) is -1.83. The first-order valence-corrected chi connectivity index (χ1v) is 13.7. The van der Waals surface area contributed by atoms with Crippen LogP contribution in [0.5, 0.6) is 0 Å². The second-order valence-electron chi connectivity index (χ2n) is 6.91. The van der Waals surface area contributed by atoms with Gasteiger partial charge in [-0.1, -0.05) is 33.4 Å². The molecule has 1 fully saturated rings. The molecule has 19 heteroatoms. The molecule has 4 N–H and O–H groups in total. The van der Waals surface area contributed by atoms with Crippen LogP contribution in [0.2, 0.25) is 0 Å². The van der Waals surface area contributed by atoms with Gasteiger partial charge < -0.3 is 21.0 Å². The molecular weight excluding hydrogens is 553 g/mol. The van der Waals surface area contributed by atoms with Crippen LogP contribution < -0.4 is 11.1 Å². The van der Waals surface area contributed by atoms with E-state index in [0.717, 1.165) is 11.3 Å². The van der Waals surface area contributed by atoms with E-state index in [4.69, 9.17) is 16.1 Å². The number of anilines is 1. The van der Waals surface area contributed by atoms with E-state index in [9.17, 15) is 19.5 Å². The molecule has 1 saturated heterocycles. The van der Waals surface area contributed by atoms with E-state index in [-0.39, 0.29) is 35.4 Å². The van der Waals surface area contributed by atoms with E-state index in [0.29, 0.717) is 21.4 Å². The minimum absolute atomic E-state index is 0.00708. The Morgan fingerprint density at radius 3 is 2.94 bits per heavy atom. The number of rotatable bonds is 11. The quantitative estimate of drug-likeness (QED) is 0.0509. The number of thiazole rings is 1. The predicted molar refractivity (Wildman–Crippen MR) is 133 cm³/mol. The summed E-state index contributed by atoms with van der Waals surface area (Å²) in [4.78, 5) is 50.8. The molecule has 4 rings (SSSR count). The number of carboxylic acid groups (broad SMARTS) is 1. The number of β-lactam (4-membered cyclic amide) rings is 1. The number of nitrogens with zero attached hydrogens (tertiary/aromatic N) is 8. The lowest BCUT2D eigenvalue weighted by Gasteiger charge is -2.49. The number of nitrogens with one attached hydrogen (secondary N) is 1. The molecule has 2 aromatic heterocycles. The maximum Gasteiger partial charge on any atom is 0.352 e. The zero-order valence-electron chi connectivity index (χ0n) is 18.0. The Balaban J connectivity index is 1.47. The number of thioether (sulfide) groups is 2. The average molecular weight is 569 g/mol. The highest BCUT2D eigenvalue weighted by molar-refractivity contribution is 8.01. The van der Waals surface area contributed by atoms with E-state index >= 15 is 0 Å². The number of oxime groups is 1. The Labute approximate surface area is 218 Å². The van der Waals surface area contributed by atoms with Crippen LogP contribution in [-0.2, 0) is 19.2 Å². The third-order valence-corrected chi connectivity index (χ3v) is 8.69. The highest BCUT2D eigenvalue weighted by Crippen LogP contribution is 2.41. The van der Waals surface area contributed by atoms with Crippen molar-refractivity contribution in [3.63, 3.8) is 0 Å². The molecule has 2 aromatic rings. The summed E-state index contributed by atoms with van der Waals surface area (Å²) >= 11 is 5.11.